The predicted molar refractivity (Wildman–Crippen MR) is 230 cm³/mol. The lowest BCUT2D eigenvalue weighted by Crippen LogP contribution is -2.16. The van der Waals surface area contributed by atoms with Crippen molar-refractivity contribution in [2.45, 2.75) is 19.3 Å². The van der Waals surface area contributed by atoms with Crippen LogP contribution in [-0.2, 0) is 5.41 Å². The molecule has 0 atom stereocenters. The molecule has 0 spiro atoms. The zero-order valence-electron chi connectivity index (χ0n) is 30.5. The Kier molecular flexibility index (Phi) is 7.56. The van der Waals surface area contributed by atoms with Crippen LogP contribution in [0.15, 0.2) is 200 Å². The molecule has 1 nitrogen and oxygen atoms in total. The largest absolute Gasteiger partial charge is 0.310 e. The standard InChI is InChI=1S/C53H39N/c1-53(2)50-24-14-13-22-46(50)47-32-30-42(35-51(47)53)54(52-33-40-19-9-10-20-43(40)45-21-11-12-23-48(45)52)41-29-31-44(49(34-41)38-17-7-4-8-18-38)39-27-25-37(26-28-39)36-15-5-3-6-16-36/h3-35H,1-2H3. The summed E-state index contributed by atoms with van der Waals surface area (Å²) >= 11 is 0. The summed E-state index contributed by atoms with van der Waals surface area (Å²) in [6.45, 7) is 4.73. The number of fused-ring (bicyclic) bond motifs is 6. The van der Waals surface area contributed by atoms with Crippen molar-refractivity contribution in [2.24, 2.45) is 0 Å². The molecular weight excluding hydrogens is 651 g/mol. The van der Waals surface area contributed by atoms with Crippen LogP contribution >= 0.6 is 0 Å². The summed E-state index contributed by atoms with van der Waals surface area (Å²) in [6.07, 6.45) is 0. The van der Waals surface area contributed by atoms with E-state index in [-0.39, 0.29) is 5.41 Å². The van der Waals surface area contributed by atoms with Crippen LogP contribution in [0.25, 0.3) is 66.1 Å². The fraction of sp³-hybridized carbons (Fsp3) is 0.0566. The molecule has 54 heavy (non-hydrogen) atoms. The summed E-state index contributed by atoms with van der Waals surface area (Å²) in [6, 6.07) is 73.5. The Hall–Kier alpha value is -6.70. The average Bonchev–Trinajstić information content (AvgIpc) is 3.47. The van der Waals surface area contributed by atoms with Gasteiger partial charge in [0.15, 0.2) is 0 Å². The maximum atomic E-state index is 2.49. The van der Waals surface area contributed by atoms with Gasteiger partial charge < -0.3 is 4.90 Å². The molecule has 10 rings (SSSR count). The van der Waals surface area contributed by atoms with Gasteiger partial charge in [-0.1, -0.05) is 184 Å². The summed E-state index contributed by atoms with van der Waals surface area (Å²) in [5, 5.41) is 4.97. The number of anilines is 3. The lowest BCUT2D eigenvalue weighted by molar-refractivity contribution is 0.660. The molecule has 0 fully saturated rings. The van der Waals surface area contributed by atoms with Gasteiger partial charge in [0.05, 0.1) is 5.69 Å². The molecule has 1 aliphatic carbocycles. The lowest BCUT2D eigenvalue weighted by atomic mass is 9.82. The molecule has 0 aliphatic heterocycles. The average molecular weight is 690 g/mol. The monoisotopic (exact) mass is 689 g/mol. The maximum Gasteiger partial charge on any atom is 0.0546 e. The molecule has 1 heteroatoms. The highest BCUT2D eigenvalue weighted by Gasteiger charge is 2.36. The van der Waals surface area contributed by atoms with E-state index in [4.69, 9.17) is 0 Å². The summed E-state index contributed by atoms with van der Waals surface area (Å²) < 4.78 is 0. The third-order valence-corrected chi connectivity index (χ3v) is 11.5. The molecule has 0 unspecified atom stereocenters. The minimum atomic E-state index is -0.121. The van der Waals surface area contributed by atoms with E-state index >= 15 is 0 Å². The first-order valence-electron chi connectivity index (χ1n) is 18.8. The van der Waals surface area contributed by atoms with Gasteiger partial charge in [-0.25, -0.2) is 0 Å². The van der Waals surface area contributed by atoms with Crippen LogP contribution in [-0.4, -0.2) is 0 Å². The number of hydrogen-bond acceptors (Lipinski definition) is 1. The molecule has 0 radical (unpaired) electrons. The Balaban J connectivity index is 1.21. The minimum absolute atomic E-state index is 0.121. The summed E-state index contributed by atoms with van der Waals surface area (Å²) in [7, 11) is 0. The smallest absolute Gasteiger partial charge is 0.0546 e. The molecule has 256 valence electrons. The van der Waals surface area contributed by atoms with Crippen LogP contribution in [0.4, 0.5) is 17.1 Å². The van der Waals surface area contributed by atoms with Crippen LogP contribution in [0.2, 0.25) is 0 Å². The van der Waals surface area contributed by atoms with Gasteiger partial charge in [-0.2, -0.15) is 0 Å². The predicted octanol–water partition coefficient (Wildman–Crippen LogP) is 14.8. The molecule has 1 aliphatic rings. The minimum Gasteiger partial charge on any atom is -0.310 e. The first-order chi connectivity index (χ1) is 26.5. The molecule has 0 heterocycles. The Morgan fingerprint density at radius 3 is 1.61 bits per heavy atom. The van der Waals surface area contributed by atoms with Gasteiger partial charge in [-0.05, 0) is 102 Å². The van der Waals surface area contributed by atoms with Crippen LogP contribution in [0.1, 0.15) is 25.0 Å². The van der Waals surface area contributed by atoms with Crippen molar-refractivity contribution in [1.82, 2.24) is 0 Å². The van der Waals surface area contributed by atoms with Gasteiger partial charge in [-0.15, -0.1) is 0 Å². The highest BCUT2D eigenvalue weighted by molar-refractivity contribution is 6.14. The molecule has 9 aromatic carbocycles. The van der Waals surface area contributed by atoms with E-state index in [1.165, 1.54) is 77.2 Å². The van der Waals surface area contributed by atoms with Crippen molar-refractivity contribution in [1.29, 1.82) is 0 Å². The normalized spacial score (nSPS) is 12.8. The van der Waals surface area contributed by atoms with E-state index in [9.17, 15) is 0 Å². The van der Waals surface area contributed by atoms with E-state index < -0.39 is 0 Å². The van der Waals surface area contributed by atoms with Crippen molar-refractivity contribution in [2.75, 3.05) is 4.90 Å². The molecular formula is C53H39N. The summed E-state index contributed by atoms with van der Waals surface area (Å²) in [5.74, 6) is 0. The maximum absolute atomic E-state index is 2.49. The molecule has 0 amide bonds. The first kappa shape index (κ1) is 32.0. The fourth-order valence-corrected chi connectivity index (χ4v) is 8.73. The van der Waals surface area contributed by atoms with Crippen LogP contribution in [0, 0.1) is 0 Å². The molecule has 9 aromatic rings. The summed E-state index contributed by atoms with van der Waals surface area (Å²) in [4.78, 5) is 2.49. The quantitative estimate of drug-likeness (QED) is 0.157. The van der Waals surface area contributed by atoms with Gasteiger partial charge in [0.1, 0.15) is 0 Å². The van der Waals surface area contributed by atoms with E-state index in [1.54, 1.807) is 0 Å². The fourth-order valence-electron chi connectivity index (χ4n) is 8.73. The molecule has 0 N–H and O–H groups in total. The number of rotatable bonds is 6. The Bertz CT molecular complexity index is 2830. The highest BCUT2D eigenvalue weighted by atomic mass is 15.1. The zero-order chi connectivity index (χ0) is 36.2. The Morgan fingerprint density at radius 2 is 0.852 bits per heavy atom. The zero-order valence-corrected chi connectivity index (χ0v) is 30.5. The first-order valence-corrected chi connectivity index (χ1v) is 18.8. The van der Waals surface area contributed by atoms with Gasteiger partial charge in [-0.3, -0.25) is 0 Å². The molecule has 0 aromatic heterocycles. The molecule has 0 saturated heterocycles. The second-order valence-electron chi connectivity index (χ2n) is 14.9. The van der Waals surface area contributed by atoms with Crippen LogP contribution < -0.4 is 4.90 Å². The van der Waals surface area contributed by atoms with E-state index in [0.717, 1.165) is 17.1 Å². The van der Waals surface area contributed by atoms with E-state index in [1.807, 2.05) is 0 Å². The van der Waals surface area contributed by atoms with Crippen molar-refractivity contribution in [3.63, 3.8) is 0 Å². The van der Waals surface area contributed by atoms with Crippen molar-refractivity contribution in [3.8, 4) is 44.5 Å². The molecule has 0 bridgehead atoms. The topological polar surface area (TPSA) is 3.24 Å². The molecule has 0 saturated carbocycles. The van der Waals surface area contributed by atoms with Crippen molar-refractivity contribution in [3.05, 3.63) is 211 Å². The van der Waals surface area contributed by atoms with Gasteiger partial charge in [0.2, 0.25) is 0 Å². The highest BCUT2D eigenvalue weighted by Crippen LogP contribution is 2.52. The van der Waals surface area contributed by atoms with Crippen LogP contribution in [0.5, 0.6) is 0 Å². The number of hydrogen-bond donors (Lipinski definition) is 0. The van der Waals surface area contributed by atoms with Gasteiger partial charge >= 0.3 is 0 Å². The Morgan fingerprint density at radius 1 is 0.333 bits per heavy atom. The third kappa shape index (κ3) is 5.24. The van der Waals surface area contributed by atoms with Crippen molar-refractivity contribution >= 4 is 38.6 Å². The van der Waals surface area contributed by atoms with E-state index in [0.29, 0.717) is 0 Å². The number of benzene rings is 9. The third-order valence-electron chi connectivity index (χ3n) is 11.5. The summed E-state index contributed by atoms with van der Waals surface area (Å²) in [5.41, 5.74) is 15.9. The second-order valence-corrected chi connectivity index (χ2v) is 14.9. The second kappa shape index (κ2) is 12.8. The van der Waals surface area contributed by atoms with Gasteiger partial charge in [0, 0.05) is 22.2 Å². The number of nitrogens with zero attached hydrogens (tertiary/aromatic N) is 1. The van der Waals surface area contributed by atoms with Crippen molar-refractivity contribution < 1.29 is 0 Å². The lowest BCUT2D eigenvalue weighted by Gasteiger charge is -2.30. The van der Waals surface area contributed by atoms with Crippen LogP contribution in [0.3, 0.4) is 0 Å². The SMILES string of the molecule is CC1(C)c2ccccc2-c2ccc(N(c3ccc(-c4ccc(-c5ccccc5)cc4)c(-c4ccccc4)c3)c3cc4ccccc4c4ccccc34)cc21. The van der Waals surface area contributed by atoms with E-state index in [2.05, 4.69) is 219 Å². The van der Waals surface area contributed by atoms with Gasteiger partial charge in [0.25, 0.3) is 0 Å². The Labute approximate surface area is 317 Å².